The van der Waals surface area contributed by atoms with Gasteiger partial charge in [0.1, 0.15) is 5.82 Å². The molecule has 1 aliphatic rings. The number of aryl methyl sites for hydroxylation is 1. The number of thiazole rings is 1. The summed E-state index contributed by atoms with van der Waals surface area (Å²) in [6.07, 6.45) is 11.8. The topological polar surface area (TPSA) is 97.9 Å². The van der Waals surface area contributed by atoms with E-state index in [9.17, 15) is 4.79 Å². The van der Waals surface area contributed by atoms with E-state index in [4.69, 9.17) is 10.8 Å². The molecule has 3 rings (SSSR count). The molecular weight excluding hydrogens is 420 g/mol. The minimum absolute atomic E-state index is 0.0809. The zero-order valence-electron chi connectivity index (χ0n) is 19.4. The van der Waals surface area contributed by atoms with Crippen LogP contribution < -0.4 is 16.4 Å². The Labute approximate surface area is 194 Å². The lowest BCUT2D eigenvalue weighted by molar-refractivity contribution is 0.262. The quantitative estimate of drug-likeness (QED) is 0.430. The van der Waals surface area contributed by atoms with Crippen molar-refractivity contribution in [3.8, 4) is 0 Å². The maximum atomic E-state index is 12.6. The lowest BCUT2D eigenvalue weighted by atomic mass is 9.92. The Hall–Kier alpha value is -2.87. The first-order valence-electron chi connectivity index (χ1n) is 11.0. The van der Waals surface area contributed by atoms with Crippen molar-refractivity contribution >= 4 is 28.3 Å². The second-order valence-corrected chi connectivity index (χ2v) is 10.4. The third-order valence-electron chi connectivity index (χ3n) is 5.10. The molecule has 1 aliphatic carbocycles. The number of nitrogens with one attached hydrogen (secondary N) is 2. The highest BCUT2D eigenvalue weighted by molar-refractivity contribution is 7.15. The van der Waals surface area contributed by atoms with Crippen LogP contribution in [-0.2, 0) is 18.4 Å². The largest absolute Gasteiger partial charge is 0.399 e. The molecule has 172 valence electrons. The normalized spacial score (nSPS) is 14.7. The summed E-state index contributed by atoms with van der Waals surface area (Å²) in [5.41, 5.74) is 8.24. The van der Waals surface area contributed by atoms with E-state index >= 15 is 0 Å². The van der Waals surface area contributed by atoms with Gasteiger partial charge in [-0.1, -0.05) is 39.5 Å². The summed E-state index contributed by atoms with van der Waals surface area (Å²) < 4.78 is 1.92. The molecule has 32 heavy (non-hydrogen) atoms. The Balaban J connectivity index is 1.60. The van der Waals surface area contributed by atoms with E-state index in [1.54, 1.807) is 6.20 Å². The van der Waals surface area contributed by atoms with Crippen LogP contribution in [0.3, 0.4) is 0 Å². The van der Waals surface area contributed by atoms with E-state index in [0.29, 0.717) is 16.7 Å². The minimum Gasteiger partial charge on any atom is -0.399 e. The van der Waals surface area contributed by atoms with Crippen molar-refractivity contribution in [2.75, 3.05) is 10.6 Å². The van der Waals surface area contributed by atoms with Gasteiger partial charge >= 0.3 is 6.03 Å². The number of carbonyl (C=O) groups excluding carboxylic acids is 1. The van der Waals surface area contributed by atoms with E-state index in [2.05, 4.69) is 43.0 Å². The molecule has 0 atom stereocenters. The van der Waals surface area contributed by atoms with Crippen LogP contribution in [0.2, 0.25) is 0 Å². The molecule has 0 bridgehead atoms. The summed E-state index contributed by atoms with van der Waals surface area (Å²) >= 11 is 1.47. The van der Waals surface area contributed by atoms with Crippen LogP contribution in [0.4, 0.5) is 15.7 Å². The van der Waals surface area contributed by atoms with E-state index in [1.165, 1.54) is 24.2 Å². The Bertz CT molecular complexity index is 1020. The monoisotopic (exact) mass is 454 g/mol. The van der Waals surface area contributed by atoms with Crippen LogP contribution in [0, 0.1) is 5.92 Å². The molecule has 0 aromatic carbocycles. The molecule has 2 aromatic rings. The minimum atomic E-state index is -0.308. The van der Waals surface area contributed by atoms with Gasteiger partial charge in [0.15, 0.2) is 5.13 Å². The van der Waals surface area contributed by atoms with Crippen molar-refractivity contribution < 1.29 is 4.79 Å². The summed E-state index contributed by atoms with van der Waals surface area (Å²) in [5, 5.41) is 11.1. The smallest absolute Gasteiger partial charge is 0.326 e. The van der Waals surface area contributed by atoms with E-state index in [1.807, 2.05) is 35.9 Å². The number of allylic oxidation sites excluding steroid dienone is 4. The van der Waals surface area contributed by atoms with Gasteiger partial charge in [0.25, 0.3) is 0 Å². The number of rotatable bonds is 9. The van der Waals surface area contributed by atoms with Crippen LogP contribution in [-0.4, -0.2) is 20.8 Å². The SMILES string of the molecule is C=C(N)/C=C(\C=C/C)CCc1cnc(NC(=O)Nc2cc(C(C)(C)C)nn2CC2CC2)s1. The zero-order valence-corrected chi connectivity index (χ0v) is 20.3. The number of carbonyl (C=O) groups is 1. The molecular formula is C24H34N6OS. The molecule has 2 aromatic heterocycles. The number of hydrogen-bond donors (Lipinski definition) is 3. The van der Waals surface area contributed by atoms with Gasteiger partial charge in [-0.05, 0) is 50.2 Å². The van der Waals surface area contributed by atoms with Gasteiger partial charge < -0.3 is 5.73 Å². The van der Waals surface area contributed by atoms with Crippen molar-refractivity contribution in [2.24, 2.45) is 11.7 Å². The first-order chi connectivity index (χ1) is 15.1. The van der Waals surface area contributed by atoms with Gasteiger partial charge in [0.05, 0.1) is 5.69 Å². The molecule has 0 aliphatic heterocycles. The molecule has 1 fully saturated rings. The lowest BCUT2D eigenvalue weighted by Crippen LogP contribution is -2.21. The van der Waals surface area contributed by atoms with Crippen molar-refractivity contribution in [3.05, 3.63) is 58.9 Å². The maximum absolute atomic E-state index is 12.6. The average molecular weight is 455 g/mol. The van der Waals surface area contributed by atoms with E-state index in [0.717, 1.165) is 41.3 Å². The van der Waals surface area contributed by atoms with Crippen molar-refractivity contribution in [1.82, 2.24) is 14.8 Å². The Morgan fingerprint density at radius 2 is 2.12 bits per heavy atom. The van der Waals surface area contributed by atoms with Gasteiger partial charge in [-0.3, -0.25) is 10.6 Å². The molecule has 4 N–H and O–H groups in total. The zero-order chi connectivity index (χ0) is 23.3. The van der Waals surface area contributed by atoms with Crippen LogP contribution in [0.25, 0.3) is 0 Å². The highest BCUT2D eigenvalue weighted by Gasteiger charge is 2.26. The number of hydrogen-bond acceptors (Lipinski definition) is 5. The van der Waals surface area contributed by atoms with Gasteiger partial charge in [-0.2, -0.15) is 5.10 Å². The molecule has 1 saturated carbocycles. The summed E-state index contributed by atoms with van der Waals surface area (Å²) in [5.74, 6) is 1.38. The standard InChI is InChI=1S/C24H34N6OS/c1-6-7-17(12-16(2)25)10-11-19-14-26-23(32-19)28-22(31)27-21-13-20(24(3,4)5)29-30(21)15-18-8-9-18/h6-7,12-14,18H,2,8-11,15,25H2,1,3-5H3,(H2,26,27,28,31)/b7-6-,17-12+. The number of urea groups is 1. The molecule has 0 spiro atoms. The molecule has 0 radical (unpaired) electrons. The summed E-state index contributed by atoms with van der Waals surface area (Å²) in [6.45, 7) is 12.9. The first kappa shape index (κ1) is 23.8. The predicted octanol–water partition coefficient (Wildman–Crippen LogP) is 5.60. The fourth-order valence-electron chi connectivity index (χ4n) is 3.22. The Morgan fingerprint density at radius 1 is 1.38 bits per heavy atom. The Morgan fingerprint density at radius 3 is 2.75 bits per heavy atom. The van der Waals surface area contributed by atoms with Gasteiger partial charge in [-0.25, -0.2) is 14.5 Å². The molecule has 0 unspecified atom stereocenters. The van der Waals surface area contributed by atoms with Crippen molar-refractivity contribution in [1.29, 1.82) is 0 Å². The molecule has 2 heterocycles. The first-order valence-corrected chi connectivity index (χ1v) is 11.8. The second-order valence-electron chi connectivity index (χ2n) is 9.30. The number of amides is 2. The van der Waals surface area contributed by atoms with Gasteiger partial charge in [0, 0.05) is 34.8 Å². The number of nitrogens with zero attached hydrogens (tertiary/aromatic N) is 3. The lowest BCUT2D eigenvalue weighted by Gasteiger charge is -2.14. The molecule has 7 nitrogen and oxygen atoms in total. The molecule has 8 heteroatoms. The summed E-state index contributed by atoms with van der Waals surface area (Å²) in [7, 11) is 0. The Kier molecular flexibility index (Phi) is 7.56. The highest BCUT2D eigenvalue weighted by Crippen LogP contribution is 2.33. The fraction of sp³-hybridized carbons (Fsp3) is 0.458. The van der Waals surface area contributed by atoms with Gasteiger partial charge in [0.2, 0.25) is 0 Å². The number of anilines is 2. The van der Waals surface area contributed by atoms with Crippen LogP contribution in [0.15, 0.2) is 48.3 Å². The van der Waals surface area contributed by atoms with Crippen LogP contribution in [0.5, 0.6) is 0 Å². The number of nitrogens with two attached hydrogens (primary N) is 1. The van der Waals surface area contributed by atoms with Crippen molar-refractivity contribution in [2.45, 2.75) is 65.3 Å². The second kappa shape index (κ2) is 10.2. The van der Waals surface area contributed by atoms with E-state index in [-0.39, 0.29) is 11.4 Å². The van der Waals surface area contributed by atoms with Crippen molar-refractivity contribution in [3.63, 3.8) is 0 Å². The summed E-state index contributed by atoms with van der Waals surface area (Å²) in [4.78, 5) is 18.1. The third-order valence-corrected chi connectivity index (χ3v) is 6.08. The van der Waals surface area contributed by atoms with Gasteiger partial charge in [-0.15, -0.1) is 11.3 Å². The maximum Gasteiger partial charge on any atom is 0.326 e. The summed E-state index contributed by atoms with van der Waals surface area (Å²) in [6, 6.07) is 1.66. The predicted molar refractivity (Wildman–Crippen MR) is 133 cm³/mol. The fourth-order valence-corrected chi connectivity index (χ4v) is 4.02. The molecule has 2 amide bonds. The number of aromatic nitrogens is 3. The van der Waals surface area contributed by atoms with E-state index < -0.39 is 0 Å². The van der Waals surface area contributed by atoms with Crippen LogP contribution >= 0.6 is 11.3 Å². The highest BCUT2D eigenvalue weighted by atomic mass is 32.1. The average Bonchev–Trinajstić information content (AvgIpc) is 3.24. The third kappa shape index (κ3) is 7.09. The molecule has 0 saturated heterocycles. The van der Waals surface area contributed by atoms with Crippen LogP contribution in [0.1, 0.15) is 57.5 Å².